The molecule has 8 nitrogen and oxygen atoms in total. The maximum absolute atomic E-state index is 13.7. The lowest BCUT2D eigenvalue weighted by molar-refractivity contribution is -0.443. The molecular weight excluding hydrogens is 583 g/mol. The van der Waals surface area contributed by atoms with Gasteiger partial charge in [-0.15, -0.1) is 0 Å². The van der Waals surface area contributed by atoms with E-state index in [1.165, 1.54) is 12.1 Å². The molecule has 1 aromatic rings. The number of carbonyl (C=O) groups is 2. The van der Waals surface area contributed by atoms with Gasteiger partial charge in [-0.05, 0) is 38.0 Å². The zero-order valence-corrected chi connectivity index (χ0v) is 22.3. The minimum absolute atomic E-state index is 0.0611. The molecule has 1 aromatic carbocycles. The largest absolute Gasteiger partial charge is 0.492 e. The summed E-state index contributed by atoms with van der Waals surface area (Å²) in [6, 6.07) is 4.71. The standard InChI is InChI=1S/C24H31F9N2O6/c1-4-15(3)34-20(38)35(11-13-41-24(32,33)22(27,28)21(25,26)23(29,30)31)10-12-40-17-8-6-16(7-9-17)14-18(19(36)37)39-5-2/h6-9,15,18H,4-5,10-14H2,1-3H3,(H,34,38)(H,36,37). The Hall–Kier alpha value is -2.95. The minimum Gasteiger partial charge on any atom is -0.492 e. The van der Waals surface area contributed by atoms with Gasteiger partial charge in [0.15, 0.2) is 6.10 Å². The molecule has 0 aliphatic heterocycles. The fourth-order valence-corrected chi connectivity index (χ4v) is 3.08. The van der Waals surface area contributed by atoms with Gasteiger partial charge in [0.1, 0.15) is 12.4 Å². The first-order chi connectivity index (χ1) is 18.8. The Morgan fingerprint density at radius 2 is 1.49 bits per heavy atom. The fourth-order valence-electron chi connectivity index (χ4n) is 3.08. The number of ether oxygens (including phenoxy) is 3. The summed E-state index contributed by atoms with van der Waals surface area (Å²) in [6.45, 7) is 2.03. The number of urea groups is 1. The number of carboxylic acids is 1. The van der Waals surface area contributed by atoms with Crippen LogP contribution in [-0.2, 0) is 20.7 Å². The summed E-state index contributed by atoms with van der Waals surface area (Å²) in [6.07, 6.45) is -13.8. The van der Waals surface area contributed by atoms with E-state index in [0.29, 0.717) is 12.0 Å². The average molecular weight is 615 g/mol. The molecule has 0 saturated carbocycles. The first-order valence-corrected chi connectivity index (χ1v) is 12.3. The minimum atomic E-state index is -7.10. The van der Waals surface area contributed by atoms with Gasteiger partial charge in [-0.25, -0.2) is 9.59 Å². The monoisotopic (exact) mass is 614 g/mol. The van der Waals surface area contributed by atoms with E-state index in [9.17, 15) is 49.1 Å². The van der Waals surface area contributed by atoms with E-state index >= 15 is 0 Å². The first-order valence-electron chi connectivity index (χ1n) is 12.3. The third-order valence-electron chi connectivity index (χ3n) is 5.65. The highest BCUT2D eigenvalue weighted by Crippen LogP contribution is 2.53. The highest BCUT2D eigenvalue weighted by molar-refractivity contribution is 5.74. The van der Waals surface area contributed by atoms with Crippen LogP contribution in [0.5, 0.6) is 5.75 Å². The maximum Gasteiger partial charge on any atom is 0.460 e. The molecule has 0 spiro atoms. The van der Waals surface area contributed by atoms with Gasteiger partial charge < -0.3 is 29.5 Å². The number of aliphatic carboxylic acids is 1. The predicted octanol–water partition coefficient (Wildman–Crippen LogP) is 5.35. The molecule has 2 unspecified atom stereocenters. The van der Waals surface area contributed by atoms with Crippen molar-refractivity contribution in [2.75, 3.05) is 32.9 Å². The molecule has 236 valence electrons. The van der Waals surface area contributed by atoms with E-state index in [0.717, 1.165) is 4.90 Å². The molecule has 0 saturated heterocycles. The second-order valence-electron chi connectivity index (χ2n) is 8.74. The van der Waals surface area contributed by atoms with Crippen molar-refractivity contribution in [3.63, 3.8) is 0 Å². The predicted molar refractivity (Wildman–Crippen MR) is 125 cm³/mol. The van der Waals surface area contributed by atoms with Crippen LogP contribution in [0.4, 0.5) is 44.3 Å². The van der Waals surface area contributed by atoms with Crippen LogP contribution in [0.1, 0.15) is 32.8 Å². The Morgan fingerprint density at radius 1 is 0.927 bits per heavy atom. The molecule has 1 rings (SSSR count). The average Bonchev–Trinajstić information content (AvgIpc) is 2.87. The van der Waals surface area contributed by atoms with Crippen molar-refractivity contribution in [1.29, 1.82) is 0 Å². The van der Waals surface area contributed by atoms with Crippen molar-refractivity contribution in [2.24, 2.45) is 0 Å². The molecule has 2 amide bonds. The summed E-state index contributed by atoms with van der Waals surface area (Å²) in [4.78, 5) is 24.5. The van der Waals surface area contributed by atoms with E-state index in [4.69, 9.17) is 14.6 Å². The molecule has 17 heteroatoms. The molecule has 41 heavy (non-hydrogen) atoms. The van der Waals surface area contributed by atoms with Crippen LogP contribution in [0.2, 0.25) is 0 Å². The summed E-state index contributed by atoms with van der Waals surface area (Å²) >= 11 is 0. The molecular formula is C24H31F9N2O6. The fraction of sp³-hybridized carbons (Fsp3) is 0.667. The highest BCUT2D eigenvalue weighted by Gasteiger charge is 2.82. The quantitative estimate of drug-likeness (QED) is 0.230. The van der Waals surface area contributed by atoms with Crippen molar-refractivity contribution >= 4 is 12.0 Å². The lowest BCUT2D eigenvalue weighted by Crippen LogP contribution is -2.62. The Balaban J connectivity index is 2.85. The number of carboxylic acid groups (broad SMARTS) is 1. The van der Waals surface area contributed by atoms with Crippen molar-refractivity contribution in [3.05, 3.63) is 29.8 Å². The molecule has 0 bridgehead atoms. The number of rotatable bonds is 17. The molecule has 2 atom stereocenters. The van der Waals surface area contributed by atoms with Crippen molar-refractivity contribution in [3.8, 4) is 5.75 Å². The summed E-state index contributed by atoms with van der Waals surface area (Å²) in [5.74, 6) is -14.9. The Kier molecular flexibility index (Phi) is 13.0. The maximum atomic E-state index is 13.7. The van der Waals surface area contributed by atoms with E-state index < -0.39 is 61.4 Å². The normalized spacial score (nSPS) is 14.3. The molecule has 0 heterocycles. The van der Waals surface area contributed by atoms with Crippen LogP contribution in [0.3, 0.4) is 0 Å². The lowest BCUT2D eigenvalue weighted by atomic mass is 10.1. The van der Waals surface area contributed by atoms with E-state index in [-0.39, 0.29) is 31.9 Å². The zero-order valence-electron chi connectivity index (χ0n) is 22.3. The third-order valence-corrected chi connectivity index (χ3v) is 5.65. The third kappa shape index (κ3) is 9.83. The number of halogens is 9. The summed E-state index contributed by atoms with van der Waals surface area (Å²) < 4.78 is 131. The van der Waals surface area contributed by atoms with E-state index in [1.807, 2.05) is 0 Å². The molecule has 0 aliphatic rings. The molecule has 0 fully saturated rings. The lowest BCUT2D eigenvalue weighted by Gasteiger charge is -2.33. The van der Waals surface area contributed by atoms with E-state index in [2.05, 4.69) is 10.1 Å². The summed E-state index contributed by atoms with van der Waals surface area (Å²) in [5.41, 5.74) is 0.596. The van der Waals surface area contributed by atoms with Gasteiger partial charge in [0.25, 0.3) is 0 Å². The number of hydrogen-bond donors (Lipinski definition) is 2. The van der Waals surface area contributed by atoms with Crippen LogP contribution < -0.4 is 10.1 Å². The topological polar surface area (TPSA) is 97.3 Å². The number of hydrogen-bond acceptors (Lipinski definition) is 5. The van der Waals surface area contributed by atoms with Crippen LogP contribution in [-0.4, -0.2) is 91.2 Å². The van der Waals surface area contributed by atoms with Gasteiger partial charge in [0, 0.05) is 25.6 Å². The van der Waals surface area contributed by atoms with Gasteiger partial charge in [-0.2, -0.15) is 39.5 Å². The number of nitrogens with one attached hydrogen (secondary N) is 1. The molecule has 0 radical (unpaired) electrons. The smallest absolute Gasteiger partial charge is 0.460 e. The SMILES string of the molecule is CCOC(Cc1ccc(OCCN(CCOC(F)(F)C(F)(F)C(F)(F)C(F)(F)F)C(=O)NC(C)CC)cc1)C(=O)O. The highest BCUT2D eigenvalue weighted by atomic mass is 19.4. The Bertz CT molecular complexity index is 977. The van der Waals surface area contributed by atoms with Crippen LogP contribution in [0.15, 0.2) is 24.3 Å². The number of nitrogens with zero attached hydrogens (tertiary/aromatic N) is 1. The Morgan fingerprint density at radius 3 is 1.98 bits per heavy atom. The zero-order chi connectivity index (χ0) is 31.6. The molecule has 0 aliphatic carbocycles. The van der Waals surface area contributed by atoms with Gasteiger partial charge in [-0.1, -0.05) is 19.1 Å². The van der Waals surface area contributed by atoms with Crippen LogP contribution in [0.25, 0.3) is 0 Å². The Labute approximate surface area is 229 Å². The number of alkyl halides is 9. The number of benzene rings is 1. The first kappa shape index (κ1) is 36.1. The van der Waals surface area contributed by atoms with Gasteiger partial charge in [-0.3, -0.25) is 0 Å². The van der Waals surface area contributed by atoms with Gasteiger partial charge >= 0.3 is 36.1 Å². The van der Waals surface area contributed by atoms with Crippen LogP contribution in [0, 0.1) is 0 Å². The number of carbonyl (C=O) groups excluding carboxylic acids is 1. The van der Waals surface area contributed by atoms with Crippen molar-refractivity contribution in [1.82, 2.24) is 10.2 Å². The van der Waals surface area contributed by atoms with Crippen molar-refractivity contribution in [2.45, 2.75) is 69.9 Å². The molecule has 0 aromatic heterocycles. The second-order valence-corrected chi connectivity index (χ2v) is 8.74. The van der Waals surface area contributed by atoms with Crippen LogP contribution >= 0.6 is 0 Å². The summed E-state index contributed by atoms with van der Waals surface area (Å²) in [5, 5.41) is 11.6. The van der Waals surface area contributed by atoms with E-state index in [1.54, 1.807) is 32.9 Å². The second kappa shape index (κ2) is 14.8. The molecule has 2 N–H and O–H groups in total. The number of amides is 2. The van der Waals surface area contributed by atoms with Gasteiger partial charge in [0.05, 0.1) is 13.2 Å². The van der Waals surface area contributed by atoms with Crippen molar-refractivity contribution < 1.29 is 68.4 Å². The van der Waals surface area contributed by atoms with Gasteiger partial charge in [0.2, 0.25) is 0 Å². The summed E-state index contributed by atoms with van der Waals surface area (Å²) in [7, 11) is 0.